The van der Waals surface area contributed by atoms with Crippen LogP contribution in [0.15, 0.2) is 21.8 Å². The van der Waals surface area contributed by atoms with Crippen molar-refractivity contribution in [1.82, 2.24) is 10.2 Å². The van der Waals surface area contributed by atoms with Gasteiger partial charge in [0.25, 0.3) is 0 Å². The Morgan fingerprint density at radius 3 is 3.06 bits per heavy atom. The molecule has 0 radical (unpaired) electrons. The van der Waals surface area contributed by atoms with Crippen molar-refractivity contribution in [2.75, 3.05) is 19.6 Å². The molecule has 0 unspecified atom stereocenters. The molecule has 4 nitrogen and oxygen atoms in total. The highest BCUT2D eigenvalue weighted by Gasteiger charge is 2.22. The third kappa shape index (κ3) is 4.40. The van der Waals surface area contributed by atoms with Crippen LogP contribution in [0.1, 0.15) is 18.9 Å². The van der Waals surface area contributed by atoms with Gasteiger partial charge in [0.15, 0.2) is 5.96 Å². The Morgan fingerprint density at radius 2 is 2.50 bits per heavy atom. The number of halogens is 1. The summed E-state index contributed by atoms with van der Waals surface area (Å²) in [6.07, 6.45) is 0.628. The van der Waals surface area contributed by atoms with Gasteiger partial charge in [-0.15, -0.1) is 24.0 Å². The molecule has 1 atom stereocenters. The summed E-state index contributed by atoms with van der Waals surface area (Å²) in [7, 11) is 0. The molecule has 0 aliphatic carbocycles. The average Bonchev–Trinajstić information content (AvgIpc) is 2.95. The van der Waals surface area contributed by atoms with Crippen molar-refractivity contribution in [3.8, 4) is 0 Å². The first kappa shape index (κ1) is 15.7. The minimum absolute atomic E-state index is 0. The molecule has 0 aromatic carbocycles. The third-order valence-corrected chi connectivity index (χ3v) is 3.52. The van der Waals surface area contributed by atoms with Crippen LogP contribution in [0.3, 0.4) is 0 Å². The predicted molar refractivity (Wildman–Crippen MR) is 86.7 cm³/mol. The van der Waals surface area contributed by atoms with Gasteiger partial charge in [0, 0.05) is 19.6 Å². The number of β-amino-alcohol motifs (C(OH)–C–C–N with tert-alkyl or cyclic N) is 1. The van der Waals surface area contributed by atoms with E-state index in [-0.39, 0.29) is 30.1 Å². The van der Waals surface area contributed by atoms with Crippen LogP contribution in [0.2, 0.25) is 0 Å². The average molecular weight is 381 g/mol. The van der Waals surface area contributed by atoms with E-state index in [0.29, 0.717) is 13.1 Å². The Kier molecular flexibility index (Phi) is 6.95. The molecular formula is C12H20IN3OS. The molecule has 1 aliphatic rings. The van der Waals surface area contributed by atoms with E-state index >= 15 is 0 Å². The number of aliphatic hydroxyl groups excluding tert-OH is 1. The number of aliphatic imine (C=N–C) groups is 1. The maximum atomic E-state index is 9.55. The highest BCUT2D eigenvalue weighted by Crippen LogP contribution is 2.11. The molecular weight excluding hydrogens is 361 g/mol. The van der Waals surface area contributed by atoms with E-state index in [2.05, 4.69) is 39.0 Å². The zero-order chi connectivity index (χ0) is 12.1. The summed E-state index contributed by atoms with van der Waals surface area (Å²) in [4.78, 5) is 6.72. The summed E-state index contributed by atoms with van der Waals surface area (Å²) < 4.78 is 0. The van der Waals surface area contributed by atoms with Gasteiger partial charge in [-0.1, -0.05) is 0 Å². The number of nitrogens with one attached hydrogen (secondary N) is 1. The third-order valence-electron chi connectivity index (χ3n) is 2.79. The Bertz CT molecular complexity index is 369. The second-order valence-electron chi connectivity index (χ2n) is 4.19. The number of hydrogen-bond donors (Lipinski definition) is 2. The molecule has 0 saturated carbocycles. The van der Waals surface area contributed by atoms with Crippen molar-refractivity contribution in [2.24, 2.45) is 4.99 Å². The first-order valence-corrected chi connectivity index (χ1v) is 6.96. The lowest BCUT2D eigenvalue weighted by Crippen LogP contribution is -2.40. The van der Waals surface area contributed by atoms with Crippen LogP contribution in [0.4, 0.5) is 0 Å². The largest absolute Gasteiger partial charge is 0.391 e. The molecule has 1 aromatic rings. The normalized spacial score (nSPS) is 19.8. The van der Waals surface area contributed by atoms with E-state index < -0.39 is 0 Å². The molecule has 1 aromatic heterocycles. The highest BCUT2D eigenvalue weighted by atomic mass is 127. The van der Waals surface area contributed by atoms with Crippen LogP contribution in [-0.2, 0) is 6.54 Å². The lowest BCUT2D eigenvalue weighted by Gasteiger charge is -2.20. The van der Waals surface area contributed by atoms with Crippen molar-refractivity contribution < 1.29 is 5.11 Å². The maximum absolute atomic E-state index is 9.55. The minimum Gasteiger partial charge on any atom is -0.391 e. The molecule has 2 N–H and O–H groups in total. The van der Waals surface area contributed by atoms with Crippen LogP contribution >= 0.6 is 35.3 Å². The molecule has 1 fully saturated rings. The van der Waals surface area contributed by atoms with Crippen LogP contribution < -0.4 is 5.32 Å². The van der Waals surface area contributed by atoms with E-state index in [1.54, 1.807) is 11.3 Å². The van der Waals surface area contributed by atoms with Gasteiger partial charge in [-0.3, -0.25) is 0 Å². The molecule has 0 amide bonds. The van der Waals surface area contributed by atoms with Crippen LogP contribution in [0.5, 0.6) is 0 Å². The van der Waals surface area contributed by atoms with E-state index in [0.717, 1.165) is 25.5 Å². The Labute approximate surface area is 129 Å². The number of aliphatic hydroxyl groups is 1. The fourth-order valence-electron chi connectivity index (χ4n) is 1.91. The Morgan fingerprint density at radius 1 is 1.67 bits per heavy atom. The quantitative estimate of drug-likeness (QED) is 0.478. The fraction of sp³-hybridized carbons (Fsp3) is 0.583. The smallest absolute Gasteiger partial charge is 0.194 e. The summed E-state index contributed by atoms with van der Waals surface area (Å²) in [6, 6.07) is 2.09. The Hall–Kier alpha value is -0.340. The number of nitrogens with zero attached hydrogens (tertiary/aromatic N) is 2. The molecule has 102 valence electrons. The monoisotopic (exact) mass is 381 g/mol. The lowest BCUT2D eigenvalue weighted by atomic mass is 10.3. The molecule has 1 aliphatic heterocycles. The van der Waals surface area contributed by atoms with Crippen molar-refractivity contribution in [2.45, 2.75) is 26.0 Å². The zero-order valence-corrected chi connectivity index (χ0v) is 13.6. The van der Waals surface area contributed by atoms with E-state index in [1.165, 1.54) is 5.56 Å². The molecule has 1 saturated heterocycles. The highest BCUT2D eigenvalue weighted by molar-refractivity contribution is 14.0. The number of likely N-dealkylation sites (tertiary alicyclic amines) is 1. The number of thiophene rings is 1. The number of guanidine groups is 1. The topological polar surface area (TPSA) is 47.9 Å². The molecule has 2 heterocycles. The van der Waals surface area contributed by atoms with Gasteiger partial charge in [-0.05, 0) is 35.7 Å². The molecule has 0 spiro atoms. The second kappa shape index (κ2) is 7.96. The SMILES string of the molecule is CCNC(=NCc1ccsc1)N1CC[C@@H](O)C1.I. The van der Waals surface area contributed by atoms with Gasteiger partial charge >= 0.3 is 0 Å². The summed E-state index contributed by atoms with van der Waals surface area (Å²) >= 11 is 1.69. The summed E-state index contributed by atoms with van der Waals surface area (Å²) in [5, 5.41) is 17.0. The van der Waals surface area contributed by atoms with Gasteiger partial charge < -0.3 is 15.3 Å². The van der Waals surface area contributed by atoms with E-state index in [9.17, 15) is 5.11 Å². The van der Waals surface area contributed by atoms with Gasteiger partial charge in [-0.2, -0.15) is 11.3 Å². The minimum atomic E-state index is -0.208. The molecule has 0 bridgehead atoms. The second-order valence-corrected chi connectivity index (χ2v) is 4.97. The van der Waals surface area contributed by atoms with E-state index in [1.807, 2.05) is 0 Å². The van der Waals surface area contributed by atoms with Gasteiger partial charge in [0.1, 0.15) is 0 Å². The summed E-state index contributed by atoms with van der Waals surface area (Å²) in [6.45, 7) is 5.20. The van der Waals surface area contributed by atoms with Crippen molar-refractivity contribution in [3.05, 3.63) is 22.4 Å². The molecule has 2 rings (SSSR count). The molecule has 18 heavy (non-hydrogen) atoms. The first-order valence-electron chi connectivity index (χ1n) is 6.02. The van der Waals surface area contributed by atoms with Crippen LogP contribution in [0, 0.1) is 0 Å². The van der Waals surface area contributed by atoms with Crippen molar-refractivity contribution in [1.29, 1.82) is 0 Å². The van der Waals surface area contributed by atoms with Crippen molar-refractivity contribution in [3.63, 3.8) is 0 Å². The zero-order valence-electron chi connectivity index (χ0n) is 10.5. The lowest BCUT2D eigenvalue weighted by molar-refractivity contribution is 0.188. The first-order chi connectivity index (χ1) is 8.29. The fourth-order valence-corrected chi connectivity index (χ4v) is 2.57. The maximum Gasteiger partial charge on any atom is 0.194 e. The number of rotatable bonds is 3. The van der Waals surface area contributed by atoms with E-state index in [4.69, 9.17) is 0 Å². The van der Waals surface area contributed by atoms with Gasteiger partial charge in [-0.25, -0.2) is 4.99 Å². The van der Waals surface area contributed by atoms with Gasteiger partial charge in [0.05, 0.1) is 12.6 Å². The molecule has 6 heteroatoms. The standard InChI is InChI=1S/C12H19N3OS.HI/c1-2-13-12(15-5-3-11(16)8-15)14-7-10-4-6-17-9-10;/h4,6,9,11,16H,2-3,5,7-8H2,1H3,(H,13,14);1H/t11-;/m1./s1. The van der Waals surface area contributed by atoms with Crippen LogP contribution in [-0.4, -0.2) is 41.7 Å². The van der Waals surface area contributed by atoms with Crippen LogP contribution in [0.25, 0.3) is 0 Å². The van der Waals surface area contributed by atoms with Gasteiger partial charge in [0.2, 0.25) is 0 Å². The summed E-state index contributed by atoms with van der Waals surface area (Å²) in [5.74, 6) is 0.912. The van der Waals surface area contributed by atoms with Crippen molar-refractivity contribution >= 4 is 41.3 Å². The Balaban J connectivity index is 0.00000162. The number of hydrogen-bond acceptors (Lipinski definition) is 3. The summed E-state index contributed by atoms with van der Waals surface area (Å²) in [5.41, 5.74) is 1.24. The predicted octanol–water partition coefficient (Wildman–Crippen LogP) is 1.90.